The fraction of sp³-hybridized carbons (Fsp3) is 0.540. The maximum absolute atomic E-state index is 16.4. The first-order chi connectivity index (χ1) is 58.3. The Morgan fingerprint density at radius 1 is 0.283 bits per heavy atom. The second kappa shape index (κ2) is 40.6. The Hall–Kier alpha value is -7.98. The summed E-state index contributed by atoms with van der Waals surface area (Å²) in [5.74, 6) is -0.878. The van der Waals surface area contributed by atoms with Crippen molar-refractivity contribution in [1.82, 2.24) is 19.6 Å². The van der Waals surface area contributed by atoms with Crippen LogP contribution in [-0.2, 0) is 22.3 Å². The monoisotopic (exact) mass is 1700 g/mol. The van der Waals surface area contributed by atoms with E-state index >= 15 is 38.4 Å². The number of carbonyl (C=O) groups excluding carboxylic acids is 8. The average molecular weight is 1700 g/mol. The van der Waals surface area contributed by atoms with Gasteiger partial charge in [-0.1, -0.05) is 173 Å². The standard InChI is InChI=1S/C100H126N4O12S4/c1-15-59(16-2)33-27-39-65-41-43-77(117-65)81-69-57-79(67-53-71-85-83-73(95(107)101(97(109)87(67)83)45-29-35-61(19-5)20-6)55-75(115-51-49-113-13)89(85)99(111)103(93(71)105)47-31-37-63(23-9)24-10)120-92(69)82(78-44-42-66(118-78)40-28-34-60(17-3)18-4)70-58-80(119-91(70)81)68-54-72-86-84-74(96(108)102(98(110)88(68)84)46-30-36-62(21-7)22-8)56-76(116-52-50-114-14)90(86)100(112)104(94(72)106)48-32-38-64(25-11)26-12/h41-44,53-64H,15-40,45-52H2,1-14H3. The minimum absolute atomic E-state index is 0.0603. The fourth-order valence-electron chi connectivity index (χ4n) is 19.4. The van der Waals surface area contributed by atoms with Gasteiger partial charge in [-0.05, 0) is 173 Å². The zero-order chi connectivity index (χ0) is 85.3. The van der Waals surface area contributed by atoms with Crippen LogP contribution in [0.4, 0.5) is 0 Å². The van der Waals surface area contributed by atoms with Crippen LogP contribution in [0.15, 0.2) is 60.7 Å². The van der Waals surface area contributed by atoms with E-state index in [1.165, 1.54) is 29.4 Å². The van der Waals surface area contributed by atoms with Crippen LogP contribution in [0.5, 0.6) is 11.5 Å². The van der Waals surface area contributed by atoms with E-state index in [0.717, 1.165) is 182 Å². The Kier molecular flexibility index (Phi) is 30.3. The smallest absolute Gasteiger partial charge is 0.265 e. The summed E-state index contributed by atoms with van der Waals surface area (Å²) in [5, 5.41) is 2.84. The molecule has 9 aromatic rings. The number of aryl methyl sites for hydroxylation is 2. The van der Waals surface area contributed by atoms with Crippen LogP contribution in [-0.4, -0.2) is 134 Å². The maximum atomic E-state index is 16.4. The van der Waals surface area contributed by atoms with Crippen molar-refractivity contribution < 1.29 is 57.3 Å². The molecule has 0 aliphatic carbocycles. The van der Waals surface area contributed by atoms with E-state index in [4.69, 9.17) is 18.9 Å². The van der Waals surface area contributed by atoms with Crippen molar-refractivity contribution in [3.63, 3.8) is 0 Å². The van der Waals surface area contributed by atoms with Gasteiger partial charge in [0.2, 0.25) is 0 Å². The van der Waals surface area contributed by atoms with Crippen molar-refractivity contribution in [3.8, 4) is 53.3 Å². The minimum Gasteiger partial charge on any atom is -0.490 e. The van der Waals surface area contributed by atoms with Crippen LogP contribution in [0.25, 0.3) is 83.5 Å². The number of methoxy groups -OCH3 is 2. The lowest BCUT2D eigenvalue weighted by atomic mass is 9.82. The second-order valence-electron chi connectivity index (χ2n) is 34.0. The van der Waals surface area contributed by atoms with Gasteiger partial charge in [0.15, 0.2) is 0 Å². The van der Waals surface area contributed by atoms with Gasteiger partial charge in [-0.25, -0.2) is 0 Å². The number of carbonyl (C=O) groups is 8. The van der Waals surface area contributed by atoms with Crippen molar-refractivity contribution >= 4 is 134 Å². The number of fused-ring (bicyclic) bond motifs is 2. The Morgan fingerprint density at radius 3 is 0.850 bits per heavy atom. The van der Waals surface area contributed by atoms with Crippen molar-refractivity contribution in [2.24, 2.45) is 35.5 Å². The van der Waals surface area contributed by atoms with Crippen molar-refractivity contribution in [3.05, 3.63) is 115 Å². The molecule has 0 spiro atoms. The largest absolute Gasteiger partial charge is 0.490 e. The summed E-state index contributed by atoms with van der Waals surface area (Å²) >= 11 is 6.63. The molecule has 0 unspecified atom stereocenters. The number of rotatable bonds is 48. The van der Waals surface area contributed by atoms with E-state index in [-0.39, 0.29) is 130 Å². The predicted molar refractivity (Wildman–Crippen MR) is 493 cm³/mol. The number of thiophene rings is 4. The molecule has 0 N–H and O–H groups in total. The molecule has 0 bridgehead atoms. The van der Waals surface area contributed by atoms with Gasteiger partial charge in [-0.2, -0.15) is 0 Å². The summed E-state index contributed by atoms with van der Waals surface area (Å²) in [5.41, 5.74) is 4.48. The Bertz CT molecular complexity index is 4910. The minimum atomic E-state index is -0.529. The topological polar surface area (TPSA) is 186 Å². The van der Waals surface area contributed by atoms with Gasteiger partial charge < -0.3 is 18.9 Å². The molecule has 13 rings (SSSR count). The molecular formula is C100H126N4O12S4. The second-order valence-corrected chi connectivity index (χ2v) is 38.4. The molecule has 0 saturated carbocycles. The van der Waals surface area contributed by atoms with Gasteiger partial charge in [0.25, 0.3) is 47.3 Å². The van der Waals surface area contributed by atoms with E-state index in [2.05, 4.69) is 119 Å². The lowest BCUT2D eigenvalue weighted by Gasteiger charge is -2.34. The predicted octanol–water partition coefficient (Wildman–Crippen LogP) is 26.0. The molecule has 0 radical (unpaired) electrons. The van der Waals surface area contributed by atoms with Crippen LogP contribution < -0.4 is 9.47 Å². The normalized spacial score (nSPS) is 14.3. The molecule has 642 valence electrons. The van der Waals surface area contributed by atoms with Crippen molar-refractivity contribution in [2.75, 3.05) is 66.8 Å². The highest BCUT2D eigenvalue weighted by Crippen LogP contribution is 2.58. The van der Waals surface area contributed by atoms with Gasteiger partial charge in [-0.15, -0.1) is 45.3 Å². The molecule has 20 heteroatoms. The van der Waals surface area contributed by atoms with Gasteiger partial charge in [0.05, 0.1) is 46.6 Å². The first-order valence-corrected chi connectivity index (χ1v) is 48.8. The molecule has 4 aliphatic heterocycles. The average Bonchev–Trinajstić information content (AvgIpc) is 1.25. The third-order valence-corrected chi connectivity index (χ3v) is 32.0. The number of ether oxygens (including phenoxy) is 4. The zero-order valence-corrected chi connectivity index (χ0v) is 76.9. The van der Waals surface area contributed by atoms with Crippen molar-refractivity contribution in [1.29, 1.82) is 0 Å². The Labute approximate surface area is 726 Å². The van der Waals surface area contributed by atoms with Gasteiger partial charge >= 0.3 is 0 Å². The number of amides is 8. The van der Waals surface area contributed by atoms with Gasteiger partial charge in [0, 0.05) is 145 Å². The number of hydrogen-bond donors (Lipinski definition) is 0. The van der Waals surface area contributed by atoms with E-state index in [1.807, 2.05) is 12.1 Å². The fourth-order valence-corrected chi connectivity index (χ4v) is 24.3. The molecule has 8 amide bonds. The number of imide groups is 4. The molecule has 0 saturated heterocycles. The summed E-state index contributed by atoms with van der Waals surface area (Å²) in [4.78, 5) is 139. The number of benzene rings is 5. The van der Waals surface area contributed by atoms with Gasteiger partial charge in [0.1, 0.15) is 24.7 Å². The van der Waals surface area contributed by atoms with Crippen LogP contribution in [0, 0.1) is 35.5 Å². The molecule has 8 heterocycles. The summed E-state index contributed by atoms with van der Waals surface area (Å²) in [6, 6.07) is 20.3. The summed E-state index contributed by atoms with van der Waals surface area (Å²) < 4.78 is 25.9. The van der Waals surface area contributed by atoms with Crippen LogP contribution in [0.3, 0.4) is 0 Å². The van der Waals surface area contributed by atoms with Gasteiger partial charge in [-0.3, -0.25) is 58.0 Å². The lowest BCUT2D eigenvalue weighted by Crippen LogP contribution is -2.44. The third-order valence-electron chi connectivity index (χ3n) is 27.3. The molecule has 120 heavy (non-hydrogen) atoms. The first kappa shape index (κ1) is 89.8. The van der Waals surface area contributed by atoms with E-state index in [9.17, 15) is 0 Å². The highest BCUT2D eigenvalue weighted by atomic mass is 32.1. The first-order valence-electron chi connectivity index (χ1n) is 45.5. The molecular weight excluding hydrogens is 1580 g/mol. The highest BCUT2D eigenvalue weighted by Gasteiger charge is 2.47. The number of hydrogen-bond acceptors (Lipinski definition) is 16. The van der Waals surface area contributed by atoms with E-state index in [0.29, 0.717) is 82.1 Å². The third kappa shape index (κ3) is 17.7. The molecule has 4 aromatic heterocycles. The summed E-state index contributed by atoms with van der Waals surface area (Å²) in [6.45, 7) is 27.6. The quantitative estimate of drug-likeness (QED) is 0.0260. The maximum Gasteiger partial charge on any atom is 0.265 e. The number of nitrogens with zero attached hydrogens (tertiary/aromatic N) is 4. The lowest BCUT2D eigenvalue weighted by molar-refractivity contribution is 0.0581. The molecule has 16 nitrogen and oxygen atoms in total. The SMILES string of the molecule is CCC(CC)CCCc1ccc(-c2c3cc(-c4cc5c6c(c(OCCOC)cc7c6c4C(=O)N(CCCC(CC)CC)C7=O)C(=O)N(CCCC(CC)CC)C5=O)sc3c(-c3ccc(CCCC(CC)CC)s3)c3cc(-c4cc5c6c(c(OCCOC)cc7c6c4C(=O)N(CCCC(CC)CC)C7=O)C(=O)N(CCCC(CC)CC)C5=O)sc23)s1. The van der Waals surface area contributed by atoms with Crippen LogP contribution >= 0.6 is 45.3 Å². The Balaban J connectivity index is 1.12. The molecule has 5 aromatic carbocycles. The van der Waals surface area contributed by atoms with Crippen molar-refractivity contribution in [2.45, 2.75) is 250 Å². The molecule has 4 aliphatic rings. The summed E-state index contributed by atoms with van der Waals surface area (Å²) in [7, 11) is 3.15. The molecule has 0 fully saturated rings. The molecule has 0 atom stereocenters. The van der Waals surface area contributed by atoms with Crippen LogP contribution in [0.1, 0.15) is 330 Å². The van der Waals surface area contributed by atoms with E-state index in [1.54, 1.807) is 71.7 Å². The summed E-state index contributed by atoms with van der Waals surface area (Å²) in [6.07, 6.45) is 23.7. The van der Waals surface area contributed by atoms with Crippen LogP contribution in [0.2, 0.25) is 0 Å². The Morgan fingerprint density at radius 2 is 0.558 bits per heavy atom. The van der Waals surface area contributed by atoms with E-state index < -0.39 is 47.3 Å². The zero-order valence-electron chi connectivity index (χ0n) is 73.6. The highest BCUT2D eigenvalue weighted by molar-refractivity contribution is 7.26.